The highest BCUT2D eigenvalue weighted by Crippen LogP contribution is 2.43. The van der Waals surface area contributed by atoms with E-state index in [1.54, 1.807) is 17.9 Å². The Labute approximate surface area is 218 Å². The summed E-state index contributed by atoms with van der Waals surface area (Å²) in [5.74, 6) is 1.87. The Morgan fingerprint density at radius 3 is 2.75 bits per heavy atom. The van der Waals surface area contributed by atoms with Gasteiger partial charge in [0.05, 0.1) is 36.1 Å². The van der Waals surface area contributed by atoms with Gasteiger partial charge in [0.15, 0.2) is 11.5 Å². The number of rotatable bonds is 10. The van der Waals surface area contributed by atoms with Gasteiger partial charge < -0.3 is 24.8 Å². The highest BCUT2D eigenvalue weighted by molar-refractivity contribution is 9.10. The van der Waals surface area contributed by atoms with E-state index in [9.17, 15) is 4.79 Å². The lowest BCUT2D eigenvalue weighted by Crippen LogP contribution is -2.31. The van der Waals surface area contributed by atoms with E-state index in [-0.39, 0.29) is 5.91 Å². The van der Waals surface area contributed by atoms with Crippen molar-refractivity contribution < 1.29 is 19.0 Å². The zero-order valence-electron chi connectivity index (χ0n) is 20.7. The van der Waals surface area contributed by atoms with Crippen molar-refractivity contribution in [2.75, 3.05) is 31.0 Å². The minimum absolute atomic E-state index is 0.309. The van der Waals surface area contributed by atoms with E-state index in [0.29, 0.717) is 57.8 Å². The van der Waals surface area contributed by atoms with Crippen LogP contribution in [0.3, 0.4) is 0 Å². The first kappa shape index (κ1) is 25.5. The Kier molecular flexibility index (Phi) is 8.09. The van der Waals surface area contributed by atoms with Crippen LogP contribution < -0.4 is 24.8 Å². The average Bonchev–Trinajstić information content (AvgIpc) is 3.33. The van der Waals surface area contributed by atoms with Crippen LogP contribution in [0.2, 0.25) is 0 Å². The monoisotopic (exact) mass is 556 g/mol. The third-order valence-electron chi connectivity index (χ3n) is 5.71. The smallest absolute Gasteiger partial charge is 0.255 e. The number of para-hydroxylation sites is 2. The largest absolute Gasteiger partial charge is 0.493 e. The van der Waals surface area contributed by atoms with Crippen LogP contribution in [0.25, 0.3) is 0 Å². The number of amides is 1. The number of halogens is 1. The second-order valence-corrected chi connectivity index (χ2v) is 8.99. The molecule has 3 aromatic rings. The normalized spacial score (nSPS) is 14.6. The minimum atomic E-state index is -0.620. The Morgan fingerprint density at radius 2 is 2.00 bits per heavy atom. The van der Waals surface area contributed by atoms with Gasteiger partial charge in [0.1, 0.15) is 11.8 Å². The van der Waals surface area contributed by atoms with Gasteiger partial charge in [-0.1, -0.05) is 30.6 Å². The Bertz CT molecular complexity index is 1280. The molecule has 0 fully saturated rings. The number of carbonyl (C=O) groups excluding carboxylic acids is 1. The van der Waals surface area contributed by atoms with Crippen molar-refractivity contribution >= 4 is 33.5 Å². The standard InChI is InChI=1S/C25H29BrN6O4/c1-5-7-12-36-23-17(26)13-16(14-20(23)34-4)22-21(15(3)27-25-29-30-31-32(22)25)24(33)28-18-10-8-9-11-19(18)35-6-2/h8-11,13-14,22H,5-7,12H2,1-4H3,(H,28,33)(H,27,29,31). The Hall–Kier alpha value is -3.60. The van der Waals surface area contributed by atoms with E-state index in [0.717, 1.165) is 18.4 Å². The van der Waals surface area contributed by atoms with Gasteiger partial charge in [0, 0.05) is 5.70 Å². The molecule has 190 valence electrons. The number of fused-ring (bicyclic) bond motifs is 1. The number of carbonyl (C=O) groups is 1. The average molecular weight is 557 g/mol. The molecule has 36 heavy (non-hydrogen) atoms. The van der Waals surface area contributed by atoms with Crippen molar-refractivity contribution in [1.82, 2.24) is 20.2 Å². The number of hydrogen-bond acceptors (Lipinski definition) is 8. The van der Waals surface area contributed by atoms with Crippen LogP contribution in [0, 0.1) is 0 Å². The van der Waals surface area contributed by atoms with Crippen LogP contribution in [0.15, 0.2) is 52.1 Å². The van der Waals surface area contributed by atoms with E-state index in [2.05, 4.69) is 49.0 Å². The molecule has 0 aliphatic carbocycles. The minimum Gasteiger partial charge on any atom is -0.493 e. The first-order chi connectivity index (χ1) is 17.5. The first-order valence-corrected chi connectivity index (χ1v) is 12.6. The number of allylic oxidation sites excluding steroid dienone is 1. The second-order valence-electron chi connectivity index (χ2n) is 8.13. The van der Waals surface area contributed by atoms with Crippen molar-refractivity contribution in [1.29, 1.82) is 0 Å². The zero-order valence-corrected chi connectivity index (χ0v) is 22.3. The molecule has 0 spiro atoms. The number of anilines is 2. The number of hydrogen-bond donors (Lipinski definition) is 2. The predicted octanol–water partition coefficient (Wildman–Crippen LogP) is 4.95. The van der Waals surface area contributed by atoms with Gasteiger partial charge in [-0.3, -0.25) is 4.79 Å². The third-order valence-corrected chi connectivity index (χ3v) is 6.29. The summed E-state index contributed by atoms with van der Waals surface area (Å²) < 4.78 is 19.6. The van der Waals surface area contributed by atoms with E-state index in [1.807, 2.05) is 44.2 Å². The second kappa shape index (κ2) is 11.4. The van der Waals surface area contributed by atoms with Gasteiger partial charge >= 0.3 is 0 Å². The van der Waals surface area contributed by atoms with Crippen molar-refractivity contribution in [2.45, 2.75) is 39.7 Å². The molecule has 0 saturated heterocycles. The lowest BCUT2D eigenvalue weighted by atomic mass is 9.94. The van der Waals surface area contributed by atoms with Crippen molar-refractivity contribution in [3.8, 4) is 17.2 Å². The van der Waals surface area contributed by atoms with Crippen LogP contribution in [0.5, 0.6) is 17.2 Å². The van der Waals surface area contributed by atoms with Crippen LogP contribution in [0.4, 0.5) is 11.6 Å². The fourth-order valence-electron chi connectivity index (χ4n) is 4.01. The molecule has 1 amide bonds. The molecule has 10 nitrogen and oxygen atoms in total. The summed E-state index contributed by atoms with van der Waals surface area (Å²) in [7, 11) is 1.59. The molecule has 1 unspecified atom stereocenters. The van der Waals surface area contributed by atoms with Gasteiger partial charge in [-0.15, -0.1) is 0 Å². The van der Waals surface area contributed by atoms with E-state index in [1.165, 1.54) is 0 Å². The highest BCUT2D eigenvalue weighted by atomic mass is 79.9. The lowest BCUT2D eigenvalue weighted by molar-refractivity contribution is -0.113. The van der Waals surface area contributed by atoms with Crippen molar-refractivity contribution in [3.05, 3.63) is 57.7 Å². The number of unbranched alkanes of at least 4 members (excludes halogenated alkanes) is 1. The van der Waals surface area contributed by atoms with Gasteiger partial charge in [-0.2, -0.15) is 4.68 Å². The van der Waals surface area contributed by atoms with Crippen LogP contribution in [0.1, 0.15) is 45.2 Å². The SMILES string of the molecule is CCCCOc1c(Br)cc(C2C(C(=O)Nc3ccccc3OCC)=C(C)Nc3nnnn32)cc1OC. The van der Waals surface area contributed by atoms with Gasteiger partial charge in [-0.05, 0) is 76.5 Å². The summed E-state index contributed by atoms with van der Waals surface area (Å²) in [5, 5.41) is 18.2. The summed E-state index contributed by atoms with van der Waals surface area (Å²) in [6.45, 7) is 6.87. The van der Waals surface area contributed by atoms with Crippen LogP contribution in [-0.2, 0) is 4.79 Å². The topological polar surface area (TPSA) is 112 Å². The summed E-state index contributed by atoms with van der Waals surface area (Å²) >= 11 is 3.63. The summed E-state index contributed by atoms with van der Waals surface area (Å²) in [4.78, 5) is 13.7. The number of ether oxygens (including phenoxy) is 3. The summed E-state index contributed by atoms with van der Waals surface area (Å²) in [6.07, 6.45) is 1.94. The molecule has 1 aromatic heterocycles. The van der Waals surface area contributed by atoms with Crippen LogP contribution >= 0.6 is 15.9 Å². The molecule has 0 bridgehead atoms. The molecule has 2 heterocycles. The third kappa shape index (κ3) is 5.15. The molecular weight excluding hydrogens is 528 g/mol. The molecule has 4 rings (SSSR count). The zero-order chi connectivity index (χ0) is 25.7. The first-order valence-electron chi connectivity index (χ1n) is 11.8. The molecule has 1 aliphatic rings. The number of tetrazole rings is 1. The Morgan fingerprint density at radius 1 is 1.19 bits per heavy atom. The number of methoxy groups -OCH3 is 1. The molecule has 0 saturated carbocycles. The maximum atomic E-state index is 13.7. The number of benzene rings is 2. The van der Waals surface area contributed by atoms with Crippen LogP contribution in [-0.4, -0.2) is 46.4 Å². The number of nitrogens with one attached hydrogen (secondary N) is 2. The molecule has 11 heteroatoms. The Balaban J connectivity index is 1.75. The highest BCUT2D eigenvalue weighted by Gasteiger charge is 2.35. The van der Waals surface area contributed by atoms with Gasteiger partial charge in [0.2, 0.25) is 5.95 Å². The quantitative estimate of drug-likeness (QED) is 0.337. The molecule has 2 aromatic carbocycles. The van der Waals surface area contributed by atoms with Crippen molar-refractivity contribution in [2.24, 2.45) is 0 Å². The maximum absolute atomic E-state index is 13.7. The predicted molar refractivity (Wildman–Crippen MR) is 140 cm³/mol. The molecule has 0 radical (unpaired) electrons. The van der Waals surface area contributed by atoms with Crippen molar-refractivity contribution in [3.63, 3.8) is 0 Å². The summed E-state index contributed by atoms with van der Waals surface area (Å²) in [5.41, 5.74) is 2.41. The molecule has 1 aliphatic heterocycles. The molecule has 2 N–H and O–H groups in total. The molecular formula is C25H29BrN6O4. The van der Waals surface area contributed by atoms with E-state index < -0.39 is 6.04 Å². The van der Waals surface area contributed by atoms with Gasteiger partial charge in [-0.25, -0.2) is 0 Å². The lowest BCUT2D eigenvalue weighted by Gasteiger charge is -2.28. The van der Waals surface area contributed by atoms with E-state index in [4.69, 9.17) is 14.2 Å². The van der Waals surface area contributed by atoms with E-state index >= 15 is 0 Å². The summed E-state index contributed by atoms with van der Waals surface area (Å²) in [6, 6.07) is 10.4. The number of nitrogens with zero attached hydrogens (tertiary/aromatic N) is 4. The van der Waals surface area contributed by atoms with Gasteiger partial charge in [0.25, 0.3) is 5.91 Å². The maximum Gasteiger partial charge on any atom is 0.255 e. The fourth-order valence-corrected chi connectivity index (χ4v) is 4.59. The fraction of sp³-hybridized carbons (Fsp3) is 0.360. The number of aromatic nitrogens is 4. The molecule has 1 atom stereocenters.